The maximum atomic E-state index is 11.7. The number of carbonyl (C=O) groups excluding carboxylic acids is 2. The van der Waals surface area contributed by atoms with Gasteiger partial charge in [-0.15, -0.1) is 0 Å². The van der Waals surface area contributed by atoms with E-state index in [9.17, 15) is 9.59 Å². The van der Waals surface area contributed by atoms with Crippen molar-refractivity contribution in [3.05, 3.63) is 17.7 Å². The first-order valence-electron chi connectivity index (χ1n) is 6.41. The van der Waals surface area contributed by atoms with Crippen LogP contribution in [0.2, 0.25) is 0 Å². The highest BCUT2D eigenvalue weighted by Gasteiger charge is 2.24. The van der Waals surface area contributed by atoms with Gasteiger partial charge in [0, 0.05) is 6.07 Å². The molecule has 0 aliphatic carbocycles. The minimum absolute atomic E-state index is 0.103. The number of hydrogen-bond donors (Lipinski definition) is 0. The molecule has 0 spiro atoms. The zero-order valence-corrected chi connectivity index (χ0v) is 11.4. The zero-order valence-electron chi connectivity index (χ0n) is 11.4. The van der Waals surface area contributed by atoms with Crippen LogP contribution < -0.4 is 14.2 Å². The molecule has 1 aliphatic heterocycles. The fourth-order valence-corrected chi connectivity index (χ4v) is 1.82. The highest BCUT2D eigenvalue weighted by Crippen LogP contribution is 2.38. The van der Waals surface area contributed by atoms with Crippen molar-refractivity contribution in [2.75, 3.05) is 13.4 Å². The van der Waals surface area contributed by atoms with Crippen molar-refractivity contribution in [3.63, 3.8) is 0 Å². The SMILES string of the molecule is CCOC(=O)C(CC)Oc1cc2c(cc1C=O)OCO2. The lowest BCUT2D eigenvalue weighted by atomic mass is 10.2. The minimum Gasteiger partial charge on any atom is -0.478 e. The van der Waals surface area contributed by atoms with Crippen LogP contribution in [-0.4, -0.2) is 31.8 Å². The van der Waals surface area contributed by atoms with Crippen molar-refractivity contribution in [1.82, 2.24) is 0 Å². The number of aldehydes is 1. The normalized spacial score (nSPS) is 13.7. The second-order valence-electron chi connectivity index (χ2n) is 4.13. The van der Waals surface area contributed by atoms with E-state index in [0.717, 1.165) is 0 Å². The van der Waals surface area contributed by atoms with Crippen LogP contribution in [-0.2, 0) is 9.53 Å². The monoisotopic (exact) mass is 280 g/mol. The van der Waals surface area contributed by atoms with E-state index in [1.807, 2.05) is 0 Å². The molecule has 1 unspecified atom stereocenters. The summed E-state index contributed by atoms with van der Waals surface area (Å²) in [6.45, 7) is 3.91. The number of fused-ring (bicyclic) bond motifs is 1. The topological polar surface area (TPSA) is 71.1 Å². The summed E-state index contributed by atoms with van der Waals surface area (Å²) in [6.07, 6.45) is 0.329. The number of hydrogen-bond acceptors (Lipinski definition) is 6. The predicted molar refractivity (Wildman–Crippen MR) is 69.3 cm³/mol. The lowest BCUT2D eigenvalue weighted by Gasteiger charge is -2.17. The molecule has 2 rings (SSSR count). The summed E-state index contributed by atoms with van der Waals surface area (Å²) in [7, 11) is 0. The van der Waals surface area contributed by atoms with Crippen LogP contribution in [0.4, 0.5) is 0 Å². The highest BCUT2D eigenvalue weighted by molar-refractivity contribution is 5.82. The smallest absolute Gasteiger partial charge is 0.347 e. The Balaban J connectivity index is 2.23. The van der Waals surface area contributed by atoms with E-state index in [1.165, 1.54) is 6.07 Å². The lowest BCUT2D eigenvalue weighted by molar-refractivity contribution is -0.151. The molecule has 108 valence electrons. The van der Waals surface area contributed by atoms with E-state index in [1.54, 1.807) is 19.9 Å². The molecule has 1 aromatic carbocycles. The van der Waals surface area contributed by atoms with Crippen LogP contribution >= 0.6 is 0 Å². The molecule has 0 saturated heterocycles. The molecule has 0 aromatic heterocycles. The number of benzene rings is 1. The molecule has 6 heteroatoms. The van der Waals surface area contributed by atoms with Crippen molar-refractivity contribution in [1.29, 1.82) is 0 Å². The first kappa shape index (κ1) is 14.2. The highest BCUT2D eigenvalue weighted by atomic mass is 16.7. The Labute approximate surface area is 116 Å². The van der Waals surface area contributed by atoms with E-state index in [-0.39, 0.29) is 19.1 Å². The first-order chi connectivity index (χ1) is 9.69. The van der Waals surface area contributed by atoms with Gasteiger partial charge < -0.3 is 18.9 Å². The van der Waals surface area contributed by atoms with Gasteiger partial charge in [-0.3, -0.25) is 4.79 Å². The van der Waals surface area contributed by atoms with Gasteiger partial charge in [-0.1, -0.05) is 6.92 Å². The van der Waals surface area contributed by atoms with Gasteiger partial charge in [0.05, 0.1) is 12.2 Å². The molecule has 1 aliphatic rings. The van der Waals surface area contributed by atoms with Gasteiger partial charge in [-0.25, -0.2) is 4.79 Å². The summed E-state index contributed by atoms with van der Waals surface area (Å²) in [5.74, 6) is 0.807. The third-order valence-electron chi connectivity index (χ3n) is 2.82. The molecule has 0 fully saturated rings. The largest absolute Gasteiger partial charge is 0.478 e. The summed E-state index contributed by atoms with van der Waals surface area (Å²) in [5.41, 5.74) is 0.303. The van der Waals surface area contributed by atoms with Gasteiger partial charge in [0.25, 0.3) is 0 Å². The van der Waals surface area contributed by atoms with E-state index in [4.69, 9.17) is 18.9 Å². The third-order valence-corrected chi connectivity index (χ3v) is 2.82. The average Bonchev–Trinajstić information content (AvgIpc) is 2.90. The van der Waals surface area contributed by atoms with Gasteiger partial charge in [0.1, 0.15) is 5.75 Å². The van der Waals surface area contributed by atoms with Crippen molar-refractivity contribution >= 4 is 12.3 Å². The van der Waals surface area contributed by atoms with Crippen LogP contribution in [0.1, 0.15) is 30.6 Å². The third kappa shape index (κ3) is 2.84. The minimum atomic E-state index is -0.756. The lowest BCUT2D eigenvalue weighted by Crippen LogP contribution is -2.29. The molecule has 0 N–H and O–H groups in total. The van der Waals surface area contributed by atoms with E-state index >= 15 is 0 Å². The number of esters is 1. The predicted octanol–water partition coefficient (Wildman–Crippen LogP) is 1.95. The Hall–Kier alpha value is -2.24. The molecular formula is C14H16O6. The average molecular weight is 280 g/mol. The van der Waals surface area contributed by atoms with Crippen LogP contribution in [0.5, 0.6) is 17.2 Å². The number of carbonyl (C=O) groups is 2. The molecule has 20 heavy (non-hydrogen) atoms. The van der Waals surface area contributed by atoms with Gasteiger partial charge in [0.2, 0.25) is 6.79 Å². The summed E-state index contributed by atoms with van der Waals surface area (Å²) in [6, 6.07) is 3.08. The summed E-state index contributed by atoms with van der Waals surface area (Å²) >= 11 is 0. The van der Waals surface area contributed by atoms with E-state index < -0.39 is 12.1 Å². The van der Waals surface area contributed by atoms with Crippen molar-refractivity contribution in [2.45, 2.75) is 26.4 Å². The molecule has 0 amide bonds. The second-order valence-corrected chi connectivity index (χ2v) is 4.13. The van der Waals surface area contributed by atoms with Crippen LogP contribution in [0.15, 0.2) is 12.1 Å². The maximum absolute atomic E-state index is 11.7. The molecule has 1 atom stereocenters. The summed E-state index contributed by atoms with van der Waals surface area (Å²) < 4.78 is 20.9. The van der Waals surface area contributed by atoms with Gasteiger partial charge in [-0.05, 0) is 19.4 Å². The zero-order chi connectivity index (χ0) is 14.5. The maximum Gasteiger partial charge on any atom is 0.347 e. The Morgan fingerprint density at radius 3 is 2.65 bits per heavy atom. The van der Waals surface area contributed by atoms with Crippen LogP contribution in [0.3, 0.4) is 0 Å². The Kier molecular flexibility index (Phi) is 4.45. The second kappa shape index (κ2) is 6.27. The van der Waals surface area contributed by atoms with Crippen LogP contribution in [0.25, 0.3) is 0 Å². The molecule has 1 heterocycles. The molecule has 0 radical (unpaired) electrons. The molecule has 6 nitrogen and oxygen atoms in total. The summed E-state index contributed by atoms with van der Waals surface area (Å²) in [4.78, 5) is 22.8. The van der Waals surface area contributed by atoms with Crippen molar-refractivity contribution < 1.29 is 28.5 Å². The summed E-state index contributed by atoms with van der Waals surface area (Å²) in [5, 5.41) is 0. The fraction of sp³-hybridized carbons (Fsp3) is 0.429. The molecule has 1 aromatic rings. The molecule has 0 saturated carbocycles. The van der Waals surface area contributed by atoms with Crippen molar-refractivity contribution in [2.24, 2.45) is 0 Å². The van der Waals surface area contributed by atoms with Crippen LogP contribution in [0, 0.1) is 0 Å². The Bertz CT molecular complexity index is 511. The van der Waals surface area contributed by atoms with Gasteiger partial charge >= 0.3 is 5.97 Å². The Morgan fingerprint density at radius 2 is 2.05 bits per heavy atom. The molecular weight excluding hydrogens is 264 g/mol. The fourth-order valence-electron chi connectivity index (χ4n) is 1.82. The van der Waals surface area contributed by atoms with E-state index in [0.29, 0.717) is 29.8 Å². The quantitative estimate of drug-likeness (QED) is 0.586. The van der Waals surface area contributed by atoms with E-state index in [2.05, 4.69) is 0 Å². The Morgan fingerprint density at radius 1 is 1.35 bits per heavy atom. The first-order valence-corrected chi connectivity index (χ1v) is 6.41. The van der Waals surface area contributed by atoms with Crippen molar-refractivity contribution in [3.8, 4) is 17.2 Å². The van der Waals surface area contributed by atoms with Gasteiger partial charge in [0.15, 0.2) is 23.9 Å². The van der Waals surface area contributed by atoms with Gasteiger partial charge in [-0.2, -0.15) is 0 Å². The molecule has 0 bridgehead atoms. The number of rotatable bonds is 6. The standard InChI is InChI=1S/C14H16O6/c1-3-10(14(16)17-4-2)20-11-6-13-12(18-8-19-13)5-9(11)7-15/h5-7,10H,3-4,8H2,1-2H3. The number of ether oxygens (including phenoxy) is 4.